The summed E-state index contributed by atoms with van der Waals surface area (Å²) in [5, 5.41) is 0. The number of amides is 1. The Kier molecular flexibility index (Phi) is 5.60. The van der Waals surface area contributed by atoms with Crippen LogP contribution < -0.4 is 14.2 Å². The molecule has 168 valence electrons. The highest BCUT2D eigenvalue weighted by Crippen LogP contribution is 2.33. The van der Waals surface area contributed by atoms with E-state index in [1.54, 1.807) is 20.3 Å². The van der Waals surface area contributed by atoms with E-state index in [0.717, 1.165) is 28.8 Å². The van der Waals surface area contributed by atoms with Gasteiger partial charge in [0, 0.05) is 24.7 Å². The molecule has 7 heteroatoms. The van der Waals surface area contributed by atoms with Gasteiger partial charge in [-0.25, -0.2) is 4.98 Å². The lowest BCUT2D eigenvalue weighted by molar-refractivity contribution is -0.134. The molecular weight excluding hydrogens is 418 g/mol. The number of nitrogens with one attached hydrogen (secondary N) is 1. The highest BCUT2D eigenvalue weighted by molar-refractivity contribution is 5.81. The van der Waals surface area contributed by atoms with Crippen molar-refractivity contribution >= 4 is 16.9 Å². The Labute approximate surface area is 191 Å². The van der Waals surface area contributed by atoms with E-state index in [1.807, 2.05) is 47.4 Å². The molecule has 33 heavy (non-hydrogen) atoms. The average Bonchev–Trinajstić information content (AvgIpc) is 3.30. The molecule has 0 unspecified atom stereocenters. The first-order valence-corrected chi connectivity index (χ1v) is 10.8. The van der Waals surface area contributed by atoms with Crippen molar-refractivity contribution in [2.24, 2.45) is 0 Å². The summed E-state index contributed by atoms with van der Waals surface area (Å²) >= 11 is 0. The second-order valence-corrected chi connectivity index (χ2v) is 7.96. The minimum absolute atomic E-state index is 0.0394. The standard InChI is InChI=1S/C26H25N3O4/c1-31-20-8-9-21-22(14-20)28-26(27-21)18-7-10-23(24(13-18)32-2)33-16-25(30)29-12-11-17-5-3-4-6-19(17)15-29/h3-10,13-14H,11-12,15-16H2,1-2H3,(H,27,28). The van der Waals surface area contributed by atoms with Crippen LogP contribution >= 0.6 is 0 Å². The van der Waals surface area contributed by atoms with Crippen LogP contribution in [0.1, 0.15) is 11.1 Å². The van der Waals surface area contributed by atoms with Crippen molar-refractivity contribution in [2.75, 3.05) is 27.4 Å². The summed E-state index contributed by atoms with van der Waals surface area (Å²) in [7, 11) is 3.22. The van der Waals surface area contributed by atoms with Crippen molar-refractivity contribution in [3.05, 3.63) is 71.8 Å². The van der Waals surface area contributed by atoms with Crippen molar-refractivity contribution < 1.29 is 19.0 Å². The molecule has 4 aromatic rings. The lowest BCUT2D eigenvalue weighted by Gasteiger charge is -2.28. The van der Waals surface area contributed by atoms with E-state index in [0.29, 0.717) is 30.4 Å². The number of ether oxygens (including phenoxy) is 3. The van der Waals surface area contributed by atoms with E-state index in [1.165, 1.54) is 11.1 Å². The fourth-order valence-corrected chi connectivity index (χ4v) is 4.13. The molecular formula is C26H25N3O4. The summed E-state index contributed by atoms with van der Waals surface area (Å²) in [5.41, 5.74) is 5.09. The maximum Gasteiger partial charge on any atom is 0.260 e. The second kappa shape index (κ2) is 8.86. The summed E-state index contributed by atoms with van der Waals surface area (Å²) in [6.07, 6.45) is 0.864. The smallest absolute Gasteiger partial charge is 0.260 e. The van der Waals surface area contributed by atoms with Crippen LogP contribution in [0.2, 0.25) is 0 Å². The number of hydrogen-bond donors (Lipinski definition) is 1. The molecule has 0 saturated heterocycles. The van der Waals surface area contributed by atoms with Gasteiger partial charge in [-0.05, 0) is 47.9 Å². The third kappa shape index (κ3) is 4.22. The fraction of sp³-hybridized carbons (Fsp3) is 0.231. The summed E-state index contributed by atoms with van der Waals surface area (Å²) < 4.78 is 16.7. The van der Waals surface area contributed by atoms with Gasteiger partial charge in [0.2, 0.25) is 0 Å². The molecule has 0 atom stereocenters. The summed E-state index contributed by atoms with van der Waals surface area (Å²) in [6.45, 7) is 1.28. The van der Waals surface area contributed by atoms with Crippen molar-refractivity contribution in [1.29, 1.82) is 0 Å². The average molecular weight is 444 g/mol. The van der Waals surface area contributed by atoms with Crippen LogP contribution in [0.25, 0.3) is 22.4 Å². The van der Waals surface area contributed by atoms with Gasteiger partial charge in [-0.15, -0.1) is 0 Å². The fourth-order valence-electron chi connectivity index (χ4n) is 4.13. The number of aromatic nitrogens is 2. The van der Waals surface area contributed by atoms with Gasteiger partial charge >= 0.3 is 0 Å². The molecule has 7 nitrogen and oxygen atoms in total. The number of imidazole rings is 1. The first-order chi connectivity index (χ1) is 16.1. The first-order valence-electron chi connectivity index (χ1n) is 10.8. The molecule has 0 aliphatic carbocycles. The Morgan fingerprint density at radius 1 is 1.00 bits per heavy atom. The summed E-state index contributed by atoms with van der Waals surface area (Å²) in [4.78, 5) is 22.6. The lowest BCUT2D eigenvalue weighted by Crippen LogP contribution is -2.38. The van der Waals surface area contributed by atoms with E-state index in [2.05, 4.69) is 22.1 Å². The lowest BCUT2D eigenvalue weighted by atomic mass is 10.00. The summed E-state index contributed by atoms with van der Waals surface area (Å²) in [6, 6.07) is 19.5. The van der Waals surface area contributed by atoms with Gasteiger partial charge in [-0.1, -0.05) is 24.3 Å². The minimum atomic E-state index is -0.0399. The molecule has 1 N–H and O–H groups in total. The van der Waals surface area contributed by atoms with Gasteiger partial charge < -0.3 is 24.1 Å². The van der Waals surface area contributed by atoms with Gasteiger partial charge in [-0.2, -0.15) is 0 Å². The molecule has 0 fully saturated rings. The highest BCUT2D eigenvalue weighted by Gasteiger charge is 2.21. The van der Waals surface area contributed by atoms with Gasteiger partial charge in [0.25, 0.3) is 5.91 Å². The number of hydrogen-bond acceptors (Lipinski definition) is 5. The number of rotatable bonds is 6. The van der Waals surface area contributed by atoms with Gasteiger partial charge in [0.15, 0.2) is 18.1 Å². The molecule has 2 heterocycles. The molecule has 1 amide bonds. The number of carbonyl (C=O) groups is 1. The normalized spacial score (nSPS) is 13.0. The third-order valence-electron chi connectivity index (χ3n) is 5.96. The van der Waals surface area contributed by atoms with E-state index in [9.17, 15) is 4.79 Å². The van der Waals surface area contributed by atoms with E-state index in [4.69, 9.17) is 14.2 Å². The zero-order chi connectivity index (χ0) is 22.8. The maximum absolute atomic E-state index is 12.8. The highest BCUT2D eigenvalue weighted by atomic mass is 16.5. The minimum Gasteiger partial charge on any atom is -0.497 e. The molecule has 1 aliphatic heterocycles. The Morgan fingerprint density at radius 2 is 1.85 bits per heavy atom. The zero-order valence-electron chi connectivity index (χ0n) is 18.6. The molecule has 0 bridgehead atoms. The van der Waals surface area contributed by atoms with Crippen LogP contribution in [0, 0.1) is 0 Å². The molecule has 1 aromatic heterocycles. The number of benzene rings is 3. The predicted molar refractivity (Wildman–Crippen MR) is 126 cm³/mol. The first kappa shape index (κ1) is 20.9. The van der Waals surface area contributed by atoms with E-state index in [-0.39, 0.29) is 12.5 Å². The van der Waals surface area contributed by atoms with Gasteiger partial charge in [0.1, 0.15) is 11.6 Å². The van der Waals surface area contributed by atoms with Crippen LogP contribution in [0.15, 0.2) is 60.7 Å². The number of nitrogens with zero attached hydrogens (tertiary/aromatic N) is 2. The Hall–Kier alpha value is -4.00. The number of fused-ring (bicyclic) bond motifs is 2. The van der Waals surface area contributed by atoms with Crippen molar-refractivity contribution in [3.63, 3.8) is 0 Å². The van der Waals surface area contributed by atoms with Crippen LogP contribution in [-0.4, -0.2) is 48.1 Å². The second-order valence-electron chi connectivity index (χ2n) is 7.96. The molecule has 3 aromatic carbocycles. The molecule has 0 spiro atoms. The number of carbonyl (C=O) groups excluding carboxylic acids is 1. The Morgan fingerprint density at radius 3 is 2.67 bits per heavy atom. The van der Waals surface area contributed by atoms with Crippen molar-refractivity contribution in [3.8, 4) is 28.6 Å². The summed E-state index contributed by atoms with van der Waals surface area (Å²) in [5.74, 6) is 2.50. The quantitative estimate of drug-likeness (QED) is 0.483. The number of methoxy groups -OCH3 is 2. The third-order valence-corrected chi connectivity index (χ3v) is 5.96. The predicted octanol–water partition coefficient (Wildman–Crippen LogP) is 4.21. The van der Waals surface area contributed by atoms with Crippen LogP contribution in [0.3, 0.4) is 0 Å². The zero-order valence-corrected chi connectivity index (χ0v) is 18.6. The monoisotopic (exact) mass is 443 g/mol. The Balaban J connectivity index is 1.29. The van der Waals surface area contributed by atoms with Crippen molar-refractivity contribution in [1.82, 2.24) is 14.9 Å². The largest absolute Gasteiger partial charge is 0.497 e. The topological polar surface area (TPSA) is 76.7 Å². The van der Waals surface area contributed by atoms with Crippen LogP contribution in [0.5, 0.6) is 17.2 Å². The molecule has 0 radical (unpaired) electrons. The number of aromatic amines is 1. The van der Waals surface area contributed by atoms with Gasteiger partial charge in [-0.3, -0.25) is 4.79 Å². The number of H-pyrrole nitrogens is 1. The van der Waals surface area contributed by atoms with E-state index < -0.39 is 0 Å². The maximum atomic E-state index is 12.8. The molecule has 5 rings (SSSR count). The Bertz CT molecular complexity index is 1310. The molecule has 1 aliphatic rings. The van der Waals surface area contributed by atoms with E-state index >= 15 is 0 Å². The van der Waals surface area contributed by atoms with Crippen LogP contribution in [0.4, 0.5) is 0 Å². The van der Waals surface area contributed by atoms with Gasteiger partial charge in [0.05, 0.1) is 25.3 Å². The van der Waals surface area contributed by atoms with Crippen LogP contribution in [-0.2, 0) is 17.8 Å². The SMILES string of the molecule is COc1ccc2nc(-c3ccc(OCC(=O)N4CCc5ccccc5C4)c(OC)c3)[nH]c2c1. The molecule has 0 saturated carbocycles. The van der Waals surface area contributed by atoms with Crippen molar-refractivity contribution in [2.45, 2.75) is 13.0 Å².